The maximum absolute atomic E-state index is 11.2. The van der Waals surface area contributed by atoms with E-state index in [0.29, 0.717) is 13.2 Å². The molecule has 0 amide bonds. The van der Waals surface area contributed by atoms with Crippen molar-refractivity contribution < 1.29 is 33.3 Å². The van der Waals surface area contributed by atoms with E-state index in [1.54, 1.807) is 13.8 Å². The Bertz CT molecular complexity index is 293. The van der Waals surface area contributed by atoms with E-state index >= 15 is 0 Å². The van der Waals surface area contributed by atoms with E-state index in [9.17, 15) is 9.59 Å². The molecule has 0 aliphatic heterocycles. The maximum atomic E-state index is 11.2. The molecule has 0 heterocycles. The minimum Gasteiger partial charge on any atom is -0.434 e. The lowest BCUT2D eigenvalue weighted by Crippen LogP contribution is -2.26. The molecule has 0 N–H and O–H groups in total. The van der Waals surface area contributed by atoms with Gasteiger partial charge in [-0.25, -0.2) is 9.59 Å². The first-order chi connectivity index (χ1) is 9.99. The van der Waals surface area contributed by atoms with Gasteiger partial charge < -0.3 is 23.7 Å². The Morgan fingerprint density at radius 1 is 0.810 bits per heavy atom. The predicted molar refractivity (Wildman–Crippen MR) is 75.2 cm³/mol. The van der Waals surface area contributed by atoms with Gasteiger partial charge in [-0.3, -0.25) is 0 Å². The molecule has 0 bridgehead atoms. The van der Waals surface area contributed by atoms with E-state index in [4.69, 9.17) is 23.7 Å². The number of hydrogen-bond donors (Lipinski definition) is 0. The molecule has 21 heavy (non-hydrogen) atoms. The van der Waals surface area contributed by atoms with Gasteiger partial charge in [0, 0.05) is 0 Å². The Morgan fingerprint density at radius 2 is 1.38 bits per heavy atom. The van der Waals surface area contributed by atoms with Crippen LogP contribution in [0.2, 0.25) is 0 Å². The number of carbonyl (C=O) groups excluding carboxylic acids is 2. The van der Waals surface area contributed by atoms with Gasteiger partial charge in [0.05, 0.1) is 25.9 Å². The fourth-order valence-corrected chi connectivity index (χ4v) is 1.18. The first kappa shape index (κ1) is 19.5. The summed E-state index contributed by atoms with van der Waals surface area (Å²) in [5.74, 6) is 0. The normalized spacial score (nSPS) is 13.1. The number of rotatable bonds is 10. The van der Waals surface area contributed by atoms with E-state index in [2.05, 4.69) is 0 Å². The fraction of sp³-hybridized carbons (Fsp3) is 0.857. The Labute approximate surface area is 125 Å². The van der Waals surface area contributed by atoms with Crippen LogP contribution in [0.4, 0.5) is 9.59 Å². The summed E-state index contributed by atoms with van der Waals surface area (Å²) in [5.41, 5.74) is 0. The monoisotopic (exact) mass is 306 g/mol. The molecule has 7 nitrogen and oxygen atoms in total. The highest BCUT2D eigenvalue weighted by Gasteiger charge is 2.14. The molecule has 0 spiro atoms. The quantitative estimate of drug-likeness (QED) is 0.574. The Balaban J connectivity index is 3.69. The third-order valence-electron chi connectivity index (χ3n) is 2.20. The third-order valence-corrected chi connectivity index (χ3v) is 2.20. The SMILES string of the molecule is CCCOC(=O)OCC(C)OCC(C)OC(=O)OCCC. The summed E-state index contributed by atoms with van der Waals surface area (Å²) >= 11 is 0. The average molecular weight is 306 g/mol. The number of ether oxygens (including phenoxy) is 5. The van der Waals surface area contributed by atoms with Crippen molar-refractivity contribution in [2.24, 2.45) is 0 Å². The Hall–Kier alpha value is -1.50. The maximum Gasteiger partial charge on any atom is 0.508 e. The zero-order chi connectivity index (χ0) is 16.1. The highest BCUT2D eigenvalue weighted by atomic mass is 16.7. The second kappa shape index (κ2) is 12.3. The summed E-state index contributed by atoms with van der Waals surface area (Å²) in [6.07, 6.45) is -0.701. The van der Waals surface area contributed by atoms with Crippen LogP contribution in [0, 0.1) is 0 Å². The van der Waals surface area contributed by atoms with Gasteiger partial charge in [0.15, 0.2) is 0 Å². The van der Waals surface area contributed by atoms with Crippen LogP contribution >= 0.6 is 0 Å². The van der Waals surface area contributed by atoms with Crippen molar-refractivity contribution in [3.05, 3.63) is 0 Å². The van der Waals surface area contributed by atoms with Gasteiger partial charge in [-0.1, -0.05) is 13.8 Å². The molecule has 0 aliphatic carbocycles. The molecule has 124 valence electrons. The molecule has 0 rings (SSSR count). The molecule has 0 fully saturated rings. The first-order valence-corrected chi connectivity index (χ1v) is 7.24. The predicted octanol–water partition coefficient (Wildman–Crippen LogP) is 2.91. The summed E-state index contributed by atoms with van der Waals surface area (Å²) in [5, 5.41) is 0. The third kappa shape index (κ3) is 12.0. The molecule has 0 saturated carbocycles. The molecule has 2 unspecified atom stereocenters. The van der Waals surface area contributed by atoms with E-state index in [1.807, 2.05) is 13.8 Å². The van der Waals surface area contributed by atoms with Crippen LogP contribution in [-0.4, -0.2) is 50.9 Å². The fourth-order valence-electron chi connectivity index (χ4n) is 1.18. The van der Waals surface area contributed by atoms with Gasteiger partial charge in [-0.2, -0.15) is 0 Å². The largest absolute Gasteiger partial charge is 0.508 e. The van der Waals surface area contributed by atoms with Crippen LogP contribution < -0.4 is 0 Å². The van der Waals surface area contributed by atoms with Crippen LogP contribution in [0.5, 0.6) is 0 Å². The molecule has 7 heteroatoms. The van der Waals surface area contributed by atoms with Gasteiger partial charge in [0.2, 0.25) is 0 Å². The summed E-state index contributed by atoms with van der Waals surface area (Å²) < 4.78 is 24.8. The van der Waals surface area contributed by atoms with Crippen molar-refractivity contribution in [1.29, 1.82) is 0 Å². The topological polar surface area (TPSA) is 80.3 Å². The lowest BCUT2D eigenvalue weighted by molar-refractivity contribution is -0.0488. The molecule has 0 aliphatic rings. The molecule has 0 aromatic carbocycles. The minimum atomic E-state index is -0.709. The smallest absolute Gasteiger partial charge is 0.434 e. The molecular formula is C14H26O7. The molecule has 0 saturated heterocycles. The van der Waals surface area contributed by atoms with Crippen molar-refractivity contribution in [1.82, 2.24) is 0 Å². The number of hydrogen-bond acceptors (Lipinski definition) is 7. The summed E-state index contributed by atoms with van der Waals surface area (Å²) in [7, 11) is 0. The van der Waals surface area contributed by atoms with Crippen molar-refractivity contribution in [3.63, 3.8) is 0 Å². The van der Waals surface area contributed by atoms with Crippen LogP contribution in [0.25, 0.3) is 0 Å². The van der Waals surface area contributed by atoms with Crippen molar-refractivity contribution in [2.75, 3.05) is 26.4 Å². The zero-order valence-corrected chi connectivity index (χ0v) is 13.3. The molecule has 0 aromatic heterocycles. The highest BCUT2D eigenvalue weighted by Crippen LogP contribution is 2.01. The standard InChI is InChI=1S/C14H26O7/c1-5-7-17-13(15)20-9-11(3)19-10-12(4)21-14(16)18-8-6-2/h11-12H,5-10H2,1-4H3. The van der Waals surface area contributed by atoms with E-state index in [1.165, 1.54) is 0 Å². The second-order valence-electron chi connectivity index (χ2n) is 4.58. The van der Waals surface area contributed by atoms with E-state index in [-0.39, 0.29) is 19.3 Å². The van der Waals surface area contributed by atoms with Gasteiger partial charge >= 0.3 is 12.3 Å². The number of carbonyl (C=O) groups is 2. The molecule has 2 atom stereocenters. The minimum absolute atomic E-state index is 0.0789. The Kier molecular flexibility index (Phi) is 11.4. The zero-order valence-electron chi connectivity index (χ0n) is 13.3. The summed E-state index contributed by atoms with van der Waals surface area (Å²) in [6.45, 7) is 8.16. The second-order valence-corrected chi connectivity index (χ2v) is 4.58. The van der Waals surface area contributed by atoms with Crippen LogP contribution in [0.3, 0.4) is 0 Å². The average Bonchev–Trinajstić information content (AvgIpc) is 2.46. The van der Waals surface area contributed by atoms with Crippen LogP contribution in [-0.2, 0) is 23.7 Å². The van der Waals surface area contributed by atoms with Crippen molar-refractivity contribution >= 4 is 12.3 Å². The van der Waals surface area contributed by atoms with Gasteiger partial charge in [-0.05, 0) is 26.7 Å². The van der Waals surface area contributed by atoms with Crippen molar-refractivity contribution in [3.8, 4) is 0 Å². The summed E-state index contributed by atoms with van der Waals surface area (Å²) in [6, 6.07) is 0. The Morgan fingerprint density at radius 3 is 1.95 bits per heavy atom. The lowest BCUT2D eigenvalue weighted by Gasteiger charge is -2.17. The molecule has 0 aromatic rings. The van der Waals surface area contributed by atoms with Crippen LogP contribution in [0.15, 0.2) is 0 Å². The van der Waals surface area contributed by atoms with Crippen molar-refractivity contribution in [2.45, 2.75) is 52.7 Å². The summed E-state index contributed by atoms with van der Waals surface area (Å²) in [4.78, 5) is 22.3. The first-order valence-electron chi connectivity index (χ1n) is 7.24. The highest BCUT2D eigenvalue weighted by molar-refractivity contribution is 5.60. The van der Waals surface area contributed by atoms with Gasteiger partial charge in [-0.15, -0.1) is 0 Å². The van der Waals surface area contributed by atoms with E-state index < -0.39 is 18.4 Å². The van der Waals surface area contributed by atoms with Gasteiger partial charge in [0.25, 0.3) is 0 Å². The van der Waals surface area contributed by atoms with Crippen LogP contribution in [0.1, 0.15) is 40.5 Å². The van der Waals surface area contributed by atoms with E-state index in [0.717, 1.165) is 12.8 Å². The molecular weight excluding hydrogens is 280 g/mol. The molecule has 0 radical (unpaired) electrons. The lowest BCUT2D eigenvalue weighted by atomic mass is 10.4. The van der Waals surface area contributed by atoms with Gasteiger partial charge in [0.1, 0.15) is 12.7 Å².